The van der Waals surface area contributed by atoms with Crippen molar-refractivity contribution in [1.82, 2.24) is 4.98 Å². The maximum Gasteiger partial charge on any atom is 0.338 e. The van der Waals surface area contributed by atoms with E-state index in [1.807, 2.05) is 44.2 Å². The molecule has 0 saturated heterocycles. The molecule has 3 rings (SSSR count). The first kappa shape index (κ1) is 20.9. The maximum absolute atomic E-state index is 12.4. The summed E-state index contributed by atoms with van der Waals surface area (Å²) in [6, 6.07) is 16.7. The van der Waals surface area contributed by atoms with Crippen LogP contribution in [0.2, 0.25) is 0 Å². The quantitative estimate of drug-likeness (QED) is 0.314. The fourth-order valence-electron chi connectivity index (χ4n) is 2.85. The average Bonchev–Trinajstić information content (AvgIpc) is 2.72. The van der Waals surface area contributed by atoms with Crippen LogP contribution in [0.1, 0.15) is 35.7 Å². The molecule has 0 aliphatic carbocycles. The van der Waals surface area contributed by atoms with E-state index >= 15 is 0 Å². The van der Waals surface area contributed by atoms with Crippen molar-refractivity contribution in [3.8, 4) is 0 Å². The Morgan fingerprint density at radius 2 is 1.93 bits per heavy atom. The number of benzene rings is 2. The molecule has 0 unspecified atom stereocenters. The third kappa shape index (κ3) is 5.81. The summed E-state index contributed by atoms with van der Waals surface area (Å²) in [6.07, 6.45) is 1.80. The van der Waals surface area contributed by atoms with Crippen molar-refractivity contribution in [3.63, 3.8) is 0 Å². The Morgan fingerprint density at radius 3 is 2.76 bits per heavy atom. The first-order valence-electron chi connectivity index (χ1n) is 9.63. The van der Waals surface area contributed by atoms with Gasteiger partial charge in [-0.25, -0.2) is 9.78 Å². The summed E-state index contributed by atoms with van der Waals surface area (Å²) in [6.45, 7) is 4.48. The van der Waals surface area contributed by atoms with E-state index in [0.29, 0.717) is 17.9 Å². The van der Waals surface area contributed by atoms with Crippen LogP contribution in [-0.2, 0) is 9.53 Å². The van der Waals surface area contributed by atoms with E-state index in [-0.39, 0.29) is 17.6 Å². The van der Waals surface area contributed by atoms with Crippen LogP contribution in [0, 0.1) is 6.92 Å². The largest absolute Gasteiger partial charge is 0.462 e. The van der Waals surface area contributed by atoms with Crippen molar-refractivity contribution in [1.29, 1.82) is 0 Å². The van der Waals surface area contributed by atoms with Crippen molar-refractivity contribution in [2.24, 2.45) is 0 Å². The Morgan fingerprint density at radius 1 is 1.10 bits per heavy atom. The average molecular weight is 409 g/mol. The molecule has 5 nitrogen and oxygen atoms in total. The van der Waals surface area contributed by atoms with Gasteiger partial charge in [0.25, 0.3) is 0 Å². The fourth-order valence-corrected chi connectivity index (χ4v) is 3.62. The number of rotatable bonds is 8. The van der Waals surface area contributed by atoms with Gasteiger partial charge in [0.1, 0.15) is 0 Å². The lowest BCUT2D eigenvalue weighted by molar-refractivity contribution is -0.113. The van der Waals surface area contributed by atoms with E-state index in [9.17, 15) is 9.59 Å². The van der Waals surface area contributed by atoms with Crippen LogP contribution in [0.5, 0.6) is 0 Å². The predicted octanol–water partition coefficient (Wildman–Crippen LogP) is 5.23. The molecule has 1 aromatic heterocycles. The van der Waals surface area contributed by atoms with Crippen molar-refractivity contribution in [2.75, 3.05) is 17.7 Å². The molecule has 1 amide bonds. The number of fused-ring (bicyclic) bond motifs is 1. The number of unbranched alkanes of at least 4 members (excludes halogenated alkanes) is 1. The third-order valence-electron chi connectivity index (χ3n) is 4.36. The number of carbonyl (C=O) groups excluding carboxylic acids is 2. The number of hydrogen-bond acceptors (Lipinski definition) is 5. The monoisotopic (exact) mass is 408 g/mol. The van der Waals surface area contributed by atoms with Gasteiger partial charge in [0.2, 0.25) is 5.91 Å². The highest BCUT2D eigenvalue weighted by atomic mass is 32.2. The number of anilines is 1. The Bertz CT molecular complexity index is 1020. The molecular formula is C23H24N2O3S. The number of para-hydroxylation sites is 1. The molecule has 0 saturated carbocycles. The van der Waals surface area contributed by atoms with Crippen LogP contribution in [-0.4, -0.2) is 29.2 Å². The number of hydrogen-bond donors (Lipinski definition) is 1. The van der Waals surface area contributed by atoms with Gasteiger partial charge in [-0.3, -0.25) is 4.79 Å². The van der Waals surface area contributed by atoms with Gasteiger partial charge in [-0.15, -0.1) is 0 Å². The van der Waals surface area contributed by atoms with Gasteiger partial charge in [-0.1, -0.05) is 49.4 Å². The maximum atomic E-state index is 12.4. The lowest BCUT2D eigenvalue weighted by atomic mass is 10.1. The molecule has 0 aliphatic heterocycles. The van der Waals surface area contributed by atoms with Crippen molar-refractivity contribution >= 4 is 40.2 Å². The van der Waals surface area contributed by atoms with Gasteiger partial charge < -0.3 is 10.1 Å². The number of aryl methyl sites for hydroxylation is 1. The Hall–Kier alpha value is -2.86. The molecule has 0 spiro atoms. The van der Waals surface area contributed by atoms with Crippen LogP contribution in [0.3, 0.4) is 0 Å². The molecule has 3 aromatic rings. The summed E-state index contributed by atoms with van der Waals surface area (Å²) in [4.78, 5) is 29.0. The van der Waals surface area contributed by atoms with Gasteiger partial charge in [-0.2, -0.15) is 0 Å². The van der Waals surface area contributed by atoms with Crippen molar-refractivity contribution in [2.45, 2.75) is 31.7 Å². The highest BCUT2D eigenvalue weighted by molar-refractivity contribution is 7.99. The third-order valence-corrected chi connectivity index (χ3v) is 5.28. The van der Waals surface area contributed by atoms with Gasteiger partial charge in [0, 0.05) is 11.1 Å². The van der Waals surface area contributed by atoms with E-state index in [0.717, 1.165) is 34.3 Å². The Kier molecular flexibility index (Phi) is 7.25. The fraction of sp³-hybridized carbons (Fsp3) is 0.261. The highest BCUT2D eigenvalue weighted by Gasteiger charge is 2.10. The first-order valence-corrected chi connectivity index (χ1v) is 10.6. The summed E-state index contributed by atoms with van der Waals surface area (Å²) in [5, 5.41) is 4.76. The van der Waals surface area contributed by atoms with Gasteiger partial charge in [-0.05, 0) is 49.2 Å². The van der Waals surface area contributed by atoms with Crippen LogP contribution in [0.4, 0.5) is 5.69 Å². The summed E-state index contributed by atoms with van der Waals surface area (Å²) in [5.74, 6) is -0.297. The number of pyridine rings is 1. The molecule has 0 aliphatic rings. The van der Waals surface area contributed by atoms with E-state index in [1.165, 1.54) is 11.8 Å². The number of amides is 1. The SMILES string of the molecule is CCCCOC(=O)c1cccc(NC(=O)CSc2cc(C)c3ccccc3n2)c1. The summed E-state index contributed by atoms with van der Waals surface area (Å²) < 4.78 is 5.22. The number of aromatic nitrogens is 1. The molecule has 1 N–H and O–H groups in total. The summed E-state index contributed by atoms with van der Waals surface area (Å²) in [7, 11) is 0. The minimum atomic E-state index is -0.375. The zero-order valence-corrected chi connectivity index (χ0v) is 17.4. The second-order valence-electron chi connectivity index (χ2n) is 6.70. The number of carbonyl (C=O) groups is 2. The van der Waals surface area contributed by atoms with Gasteiger partial charge in [0.05, 0.1) is 28.5 Å². The van der Waals surface area contributed by atoms with Gasteiger partial charge >= 0.3 is 5.97 Å². The molecule has 0 bridgehead atoms. The number of nitrogens with one attached hydrogen (secondary N) is 1. The van der Waals surface area contributed by atoms with Crippen molar-refractivity contribution < 1.29 is 14.3 Å². The summed E-state index contributed by atoms with van der Waals surface area (Å²) >= 11 is 1.39. The van der Waals surface area contributed by atoms with E-state index in [1.54, 1.807) is 24.3 Å². The molecular weight excluding hydrogens is 384 g/mol. The minimum Gasteiger partial charge on any atom is -0.462 e. The molecule has 6 heteroatoms. The normalized spacial score (nSPS) is 10.7. The Balaban J connectivity index is 1.58. The highest BCUT2D eigenvalue weighted by Crippen LogP contribution is 2.23. The number of esters is 1. The van der Waals surface area contributed by atoms with E-state index < -0.39 is 0 Å². The number of thioether (sulfide) groups is 1. The van der Waals surface area contributed by atoms with Gasteiger partial charge in [0.15, 0.2) is 0 Å². The van der Waals surface area contributed by atoms with Crippen LogP contribution < -0.4 is 5.32 Å². The van der Waals surface area contributed by atoms with E-state index in [4.69, 9.17) is 4.74 Å². The topological polar surface area (TPSA) is 68.3 Å². The molecule has 0 atom stereocenters. The summed E-state index contributed by atoms with van der Waals surface area (Å²) in [5.41, 5.74) is 3.05. The second kappa shape index (κ2) is 10.1. The molecule has 29 heavy (non-hydrogen) atoms. The molecule has 0 fully saturated rings. The lowest BCUT2D eigenvalue weighted by Gasteiger charge is -2.09. The zero-order chi connectivity index (χ0) is 20.6. The smallest absolute Gasteiger partial charge is 0.338 e. The van der Waals surface area contributed by atoms with Crippen LogP contribution >= 0.6 is 11.8 Å². The lowest BCUT2D eigenvalue weighted by Crippen LogP contribution is -2.15. The predicted molar refractivity (Wildman–Crippen MR) is 117 cm³/mol. The molecule has 2 aromatic carbocycles. The molecule has 150 valence electrons. The Labute approximate surface area is 174 Å². The van der Waals surface area contributed by atoms with Crippen LogP contribution in [0.25, 0.3) is 10.9 Å². The standard InChI is InChI=1S/C23H24N2O3S/c1-3-4-12-28-23(27)17-8-7-9-18(14-17)24-21(26)15-29-22-13-16(2)19-10-5-6-11-20(19)25-22/h5-11,13-14H,3-4,12,15H2,1-2H3,(H,24,26). The number of nitrogens with zero attached hydrogens (tertiary/aromatic N) is 1. The van der Waals surface area contributed by atoms with Crippen molar-refractivity contribution in [3.05, 3.63) is 65.7 Å². The molecule has 1 heterocycles. The van der Waals surface area contributed by atoms with Crippen LogP contribution in [0.15, 0.2) is 59.6 Å². The minimum absolute atomic E-state index is 0.154. The number of ether oxygens (including phenoxy) is 1. The van der Waals surface area contributed by atoms with E-state index in [2.05, 4.69) is 10.3 Å². The first-order chi connectivity index (χ1) is 14.1. The zero-order valence-electron chi connectivity index (χ0n) is 16.6. The second-order valence-corrected chi connectivity index (χ2v) is 7.70. The molecule has 0 radical (unpaired) electrons.